The Kier molecular flexibility index (Phi) is 7.80. The molecule has 0 N–H and O–H groups in total. The number of ether oxygens (including phenoxy) is 2. The van der Waals surface area contributed by atoms with Gasteiger partial charge in [0.2, 0.25) is 0 Å². The SMILES string of the molecule is CCN(CC)CCOc1ccc(C(C)Cc2ccc(OC)cc2)cc1. The predicted molar refractivity (Wildman–Crippen MR) is 105 cm³/mol. The Bertz CT molecular complexity index is 603. The molecule has 0 aliphatic heterocycles. The van der Waals surface area contributed by atoms with Crippen molar-refractivity contribution in [2.45, 2.75) is 33.1 Å². The molecule has 3 nitrogen and oxygen atoms in total. The smallest absolute Gasteiger partial charge is 0.119 e. The van der Waals surface area contributed by atoms with Gasteiger partial charge in [-0.1, -0.05) is 45.0 Å². The maximum Gasteiger partial charge on any atom is 0.119 e. The molecule has 1 atom stereocenters. The molecule has 0 spiro atoms. The topological polar surface area (TPSA) is 21.7 Å². The standard InChI is InChI=1S/C22H31NO2/c1-5-23(6-2)15-16-25-22-13-9-20(10-14-22)18(3)17-19-7-11-21(24-4)12-8-19/h7-14,18H,5-6,15-17H2,1-4H3. The Labute approximate surface area is 152 Å². The third-order valence-electron chi connectivity index (χ3n) is 4.72. The van der Waals surface area contributed by atoms with Gasteiger partial charge in [0.1, 0.15) is 18.1 Å². The Morgan fingerprint density at radius 3 is 2.04 bits per heavy atom. The molecule has 0 aliphatic carbocycles. The Morgan fingerprint density at radius 1 is 0.880 bits per heavy atom. The molecular weight excluding hydrogens is 310 g/mol. The second-order valence-electron chi connectivity index (χ2n) is 6.40. The van der Waals surface area contributed by atoms with Gasteiger partial charge < -0.3 is 14.4 Å². The minimum Gasteiger partial charge on any atom is -0.497 e. The van der Waals surface area contributed by atoms with Crippen LogP contribution in [-0.2, 0) is 6.42 Å². The van der Waals surface area contributed by atoms with Crippen LogP contribution in [0.25, 0.3) is 0 Å². The first-order valence-corrected chi connectivity index (χ1v) is 9.24. The largest absolute Gasteiger partial charge is 0.497 e. The summed E-state index contributed by atoms with van der Waals surface area (Å²) in [6.45, 7) is 10.5. The van der Waals surface area contributed by atoms with Crippen molar-refractivity contribution < 1.29 is 9.47 Å². The molecule has 0 amide bonds. The van der Waals surface area contributed by atoms with Crippen LogP contribution in [0.2, 0.25) is 0 Å². The van der Waals surface area contributed by atoms with Gasteiger partial charge in [0.25, 0.3) is 0 Å². The molecule has 0 bridgehead atoms. The normalized spacial score (nSPS) is 12.2. The summed E-state index contributed by atoms with van der Waals surface area (Å²) < 4.78 is 11.1. The van der Waals surface area contributed by atoms with Gasteiger partial charge in [0, 0.05) is 6.54 Å². The number of nitrogens with zero attached hydrogens (tertiary/aromatic N) is 1. The summed E-state index contributed by atoms with van der Waals surface area (Å²) in [4.78, 5) is 2.37. The van der Waals surface area contributed by atoms with Crippen LogP contribution in [-0.4, -0.2) is 38.3 Å². The van der Waals surface area contributed by atoms with Crippen LogP contribution in [0, 0.1) is 0 Å². The lowest BCUT2D eigenvalue weighted by Crippen LogP contribution is -2.27. The molecule has 0 aliphatic rings. The van der Waals surface area contributed by atoms with Crippen molar-refractivity contribution in [3.05, 3.63) is 59.7 Å². The lowest BCUT2D eigenvalue weighted by Gasteiger charge is -2.18. The van der Waals surface area contributed by atoms with Crippen molar-refractivity contribution >= 4 is 0 Å². The Morgan fingerprint density at radius 2 is 1.48 bits per heavy atom. The van der Waals surface area contributed by atoms with Crippen LogP contribution >= 0.6 is 0 Å². The van der Waals surface area contributed by atoms with Gasteiger partial charge in [-0.15, -0.1) is 0 Å². The Hall–Kier alpha value is -2.00. The van der Waals surface area contributed by atoms with Crippen molar-refractivity contribution in [3.8, 4) is 11.5 Å². The molecule has 2 aromatic carbocycles. The van der Waals surface area contributed by atoms with Crippen LogP contribution in [0.15, 0.2) is 48.5 Å². The summed E-state index contributed by atoms with van der Waals surface area (Å²) in [7, 11) is 1.70. The van der Waals surface area contributed by atoms with Gasteiger partial charge in [-0.3, -0.25) is 0 Å². The fourth-order valence-electron chi connectivity index (χ4n) is 2.96. The highest BCUT2D eigenvalue weighted by Crippen LogP contribution is 2.24. The van der Waals surface area contributed by atoms with Gasteiger partial charge in [0.05, 0.1) is 7.11 Å². The van der Waals surface area contributed by atoms with E-state index in [1.165, 1.54) is 11.1 Å². The molecule has 2 rings (SSSR count). The van der Waals surface area contributed by atoms with Gasteiger partial charge in [0.15, 0.2) is 0 Å². The second-order valence-corrected chi connectivity index (χ2v) is 6.40. The Balaban J connectivity index is 1.85. The van der Waals surface area contributed by atoms with Crippen LogP contribution in [0.3, 0.4) is 0 Å². The highest BCUT2D eigenvalue weighted by atomic mass is 16.5. The van der Waals surface area contributed by atoms with E-state index >= 15 is 0 Å². The van der Waals surface area contributed by atoms with Gasteiger partial charge in [-0.25, -0.2) is 0 Å². The van der Waals surface area contributed by atoms with Crippen LogP contribution in [0.5, 0.6) is 11.5 Å². The maximum absolute atomic E-state index is 5.86. The zero-order valence-corrected chi connectivity index (χ0v) is 16.0. The number of rotatable bonds is 10. The molecule has 0 fully saturated rings. The van der Waals surface area contributed by atoms with E-state index in [-0.39, 0.29) is 0 Å². The van der Waals surface area contributed by atoms with E-state index in [1.54, 1.807) is 7.11 Å². The molecule has 0 radical (unpaired) electrons. The molecule has 0 heterocycles. The van der Waals surface area contributed by atoms with Crippen molar-refractivity contribution in [1.29, 1.82) is 0 Å². The summed E-state index contributed by atoms with van der Waals surface area (Å²) in [6, 6.07) is 16.9. The number of hydrogen-bond donors (Lipinski definition) is 0. The second kappa shape index (κ2) is 10.1. The van der Waals surface area contributed by atoms with Crippen molar-refractivity contribution in [1.82, 2.24) is 4.90 Å². The maximum atomic E-state index is 5.86. The predicted octanol–water partition coefficient (Wildman–Crippen LogP) is 4.76. The zero-order chi connectivity index (χ0) is 18.1. The zero-order valence-electron chi connectivity index (χ0n) is 16.0. The summed E-state index contributed by atoms with van der Waals surface area (Å²) in [5, 5.41) is 0. The van der Waals surface area contributed by atoms with Gasteiger partial charge in [-0.05, 0) is 60.8 Å². The highest BCUT2D eigenvalue weighted by molar-refractivity contribution is 5.32. The fraction of sp³-hybridized carbons (Fsp3) is 0.455. The minimum absolute atomic E-state index is 0.470. The average molecular weight is 341 g/mol. The third-order valence-corrected chi connectivity index (χ3v) is 4.72. The van der Waals surface area contributed by atoms with E-state index in [2.05, 4.69) is 62.1 Å². The fourth-order valence-corrected chi connectivity index (χ4v) is 2.96. The molecule has 0 saturated carbocycles. The van der Waals surface area contributed by atoms with Crippen molar-refractivity contribution in [3.63, 3.8) is 0 Å². The van der Waals surface area contributed by atoms with Crippen LogP contribution in [0.1, 0.15) is 37.8 Å². The van der Waals surface area contributed by atoms with Gasteiger partial charge >= 0.3 is 0 Å². The monoisotopic (exact) mass is 341 g/mol. The summed E-state index contributed by atoms with van der Waals surface area (Å²) in [5.41, 5.74) is 2.67. The summed E-state index contributed by atoms with van der Waals surface area (Å²) in [6.07, 6.45) is 1.02. The van der Waals surface area contributed by atoms with E-state index in [1.807, 2.05) is 12.1 Å². The van der Waals surface area contributed by atoms with Crippen molar-refractivity contribution in [2.75, 3.05) is 33.4 Å². The van der Waals surface area contributed by atoms with E-state index in [0.717, 1.165) is 44.2 Å². The van der Waals surface area contributed by atoms with Crippen molar-refractivity contribution in [2.24, 2.45) is 0 Å². The number of benzene rings is 2. The molecule has 0 saturated heterocycles. The first-order valence-electron chi connectivity index (χ1n) is 9.24. The lowest BCUT2D eigenvalue weighted by atomic mass is 9.94. The third kappa shape index (κ3) is 6.09. The van der Waals surface area contributed by atoms with E-state index in [9.17, 15) is 0 Å². The molecule has 136 valence electrons. The van der Waals surface area contributed by atoms with Crippen LogP contribution in [0.4, 0.5) is 0 Å². The number of likely N-dealkylation sites (N-methyl/N-ethyl adjacent to an activating group) is 1. The molecule has 3 heteroatoms. The van der Waals surface area contributed by atoms with E-state index in [0.29, 0.717) is 5.92 Å². The van der Waals surface area contributed by atoms with Gasteiger partial charge in [-0.2, -0.15) is 0 Å². The lowest BCUT2D eigenvalue weighted by molar-refractivity contribution is 0.223. The minimum atomic E-state index is 0.470. The quantitative estimate of drug-likeness (QED) is 0.622. The number of methoxy groups -OCH3 is 1. The average Bonchev–Trinajstić information content (AvgIpc) is 2.66. The highest BCUT2D eigenvalue weighted by Gasteiger charge is 2.08. The molecule has 2 aromatic rings. The van der Waals surface area contributed by atoms with E-state index in [4.69, 9.17) is 9.47 Å². The molecule has 1 unspecified atom stereocenters. The van der Waals surface area contributed by atoms with Crippen LogP contribution < -0.4 is 9.47 Å². The molecule has 25 heavy (non-hydrogen) atoms. The molecular formula is C22H31NO2. The van der Waals surface area contributed by atoms with E-state index < -0.39 is 0 Å². The summed E-state index contributed by atoms with van der Waals surface area (Å²) >= 11 is 0. The number of hydrogen-bond acceptors (Lipinski definition) is 3. The summed E-state index contributed by atoms with van der Waals surface area (Å²) in [5.74, 6) is 2.33. The first kappa shape index (κ1) is 19.3. The molecule has 0 aromatic heterocycles. The first-order chi connectivity index (χ1) is 12.2.